The van der Waals surface area contributed by atoms with Gasteiger partial charge in [0, 0.05) is 17.8 Å². The fourth-order valence-electron chi connectivity index (χ4n) is 3.16. The predicted octanol–water partition coefficient (Wildman–Crippen LogP) is 3.18. The molecule has 3 aromatic heterocycles. The van der Waals surface area contributed by atoms with Crippen LogP contribution >= 0.6 is 0 Å². The largest absolute Gasteiger partial charge is 0.458 e. The monoisotopic (exact) mass is 428 g/mol. The molecule has 0 bridgehead atoms. The molecule has 4 aromatic rings. The van der Waals surface area contributed by atoms with E-state index in [-0.39, 0.29) is 17.7 Å². The van der Waals surface area contributed by atoms with E-state index >= 15 is 0 Å². The Balaban J connectivity index is 1.55. The summed E-state index contributed by atoms with van der Waals surface area (Å²) in [4.78, 5) is 29.1. The third-order valence-corrected chi connectivity index (χ3v) is 4.60. The Bertz CT molecular complexity index is 1260. The first kappa shape index (κ1) is 20.5. The number of fused-ring (bicyclic) bond motifs is 2. The fraction of sp³-hybridized carbons (Fsp3) is 0.238. The maximum Gasteiger partial charge on any atom is 0.342 e. The van der Waals surface area contributed by atoms with Crippen LogP contribution in [0.5, 0.6) is 0 Å². The van der Waals surface area contributed by atoms with Gasteiger partial charge in [0.25, 0.3) is 5.91 Å². The van der Waals surface area contributed by atoms with Crippen molar-refractivity contribution in [1.29, 1.82) is 0 Å². The van der Waals surface area contributed by atoms with Crippen molar-refractivity contribution in [2.24, 2.45) is 0 Å². The minimum Gasteiger partial charge on any atom is -0.458 e. The van der Waals surface area contributed by atoms with Crippen molar-refractivity contribution in [3.05, 3.63) is 65.3 Å². The Labute approximate surface area is 174 Å². The van der Waals surface area contributed by atoms with Crippen molar-refractivity contribution in [3.8, 4) is 0 Å². The number of aromatic nitrogens is 3. The number of alkyl halides is 2. The number of hydrogen-bond acceptors (Lipinski definition) is 6. The Morgan fingerprint density at radius 1 is 1.23 bits per heavy atom. The summed E-state index contributed by atoms with van der Waals surface area (Å²) in [6, 6.07) is 6.69. The number of esters is 1. The normalized spacial score (nSPS) is 11.4. The fourth-order valence-corrected chi connectivity index (χ4v) is 3.16. The highest BCUT2D eigenvalue weighted by atomic mass is 19.1. The number of benzene rings is 1. The van der Waals surface area contributed by atoms with Gasteiger partial charge in [0.15, 0.2) is 11.8 Å². The average Bonchev–Trinajstić information content (AvgIpc) is 3.39. The number of rotatable bonds is 7. The van der Waals surface area contributed by atoms with E-state index in [0.29, 0.717) is 22.4 Å². The first-order valence-corrected chi connectivity index (χ1v) is 9.42. The third-order valence-electron chi connectivity index (χ3n) is 4.60. The van der Waals surface area contributed by atoms with E-state index in [1.807, 2.05) is 0 Å². The van der Waals surface area contributed by atoms with Gasteiger partial charge in [-0.1, -0.05) is 0 Å². The molecule has 1 N–H and O–H groups in total. The van der Waals surface area contributed by atoms with Gasteiger partial charge in [0.1, 0.15) is 35.8 Å². The lowest BCUT2D eigenvalue weighted by Gasteiger charge is -2.11. The van der Waals surface area contributed by atoms with Crippen LogP contribution in [0.2, 0.25) is 0 Å². The van der Waals surface area contributed by atoms with Gasteiger partial charge >= 0.3 is 5.97 Å². The molecule has 1 amide bonds. The third kappa shape index (κ3) is 4.09. The Kier molecular flexibility index (Phi) is 5.61. The number of carbonyl (C=O) groups excluding carboxylic acids is 2. The van der Waals surface area contributed by atoms with Gasteiger partial charge in [-0.25, -0.2) is 23.1 Å². The van der Waals surface area contributed by atoms with Crippen LogP contribution in [-0.2, 0) is 11.3 Å². The minimum atomic E-state index is -1.46. The molecule has 0 aliphatic carbocycles. The second kappa shape index (κ2) is 8.50. The van der Waals surface area contributed by atoms with Gasteiger partial charge in [-0.3, -0.25) is 4.79 Å². The van der Waals surface area contributed by atoms with Gasteiger partial charge in [0.2, 0.25) is 0 Å². The highest BCUT2D eigenvalue weighted by Gasteiger charge is 2.21. The summed E-state index contributed by atoms with van der Waals surface area (Å²) in [7, 11) is 0. The zero-order valence-corrected chi connectivity index (χ0v) is 16.5. The van der Waals surface area contributed by atoms with Crippen molar-refractivity contribution in [3.63, 3.8) is 0 Å². The number of nitrogens with one attached hydrogen (secondary N) is 1. The molecule has 0 saturated carbocycles. The van der Waals surface area contributed by atoms with E-state index in [4.69, 9.17) is 9.15 Å². The molecular weight excluding hydrogens is 410 g/mol. The molecule has 0 aliphatic heterocycles. The number of carbonyl (C=O) groups is 2. The highest BCUT2D eigenvalue weighted by molar-refractivity contribution is 6.03. The molecule has 31 heavy (non-hydrogen) atoms. The van der Waals surface area contributed by atoms with E-state index in [2.05, 4.69) is 15.4 Å². The lowest BCUT2D eigenvalue weighted by Crippen LogP contribution is -2.22. The standard InChI is InChI=1S/C21H18F2N4O4/c1-12-5-13-7-14(30-18(13)16(6-12)21(29)31-15(8-22)9-23)10-25-20(28)17-11-26-27-4-2-3-24-19(17)27/h2-7,11,15H,8-10H2,1H3,(H,25,28). The smallest absolute Gasteiger partial charge is 0.342 e. The molecule has 0 fully saturated rings. The molecule has 0 atom stereocenters. The zero-order valence-electron chi connectivity index (χ0n) is 16.5. The van der Waals surface area contributed by atoms with Gasteiger partial charge < -0.3 is 14.5 Å². The Hall–Kier alpha value is -3.82. The van der Waals surface area contributed by atoms with Crippen molar-refractivity contribution >= 4 is 28.5 Å². The molecule has 10 heteroatoms. The quantitative estimate of drug-likeness (QED) is 0.454. The first-order valence-electron chi connectivity index (χ1n) is 9.42. The molecule has 0 unspecified atom stereocenters. The van der Waals surface area contributed by atoms with Gasteiger partial charge in [-0.15, -0.1) is 0 Å². The highest BCUT2D eigenvalue weighted by Crippen LogP contribution is 2.26. The molecule has 0 spiro atoms. The predicted molar refractivity (Wildman–Crippen MR) is 106 cm³/mol. The van der Waals surface area contributed by atoms with Crippen LogP contribution in [0.1, 0.15) is 32.0 Å². The van der Waals surface area contributed by atoms with E-state index in [1.54, 1.807) is 37.5 Å². The molecule has 1 aromatic carbocycles. The van der Waals surface area contributed by atoms with Crippen molar-refractivity contribution in [1.82, 2.24) is 19.9 Å². The molecule has 3 heterocycles. The van der Waals surface area contributed by atoms with Gasteiger partial charge in [0.05, 0.1) is 12.7 Å². The summed E-state index contributed by atoms with van der Waals surface area (Å²) < 4.78 is 37.5. The lowest BCUT2D eigenvalue weighted by molar-refractivity contribution is 0.0173. The number of ether oxygens (including phenoxy) is 1. The average molecular weight is 428 g/mol. The summed E-state index contributed by atoms with van der Waals surface area (Å²) in [5.74, 6) is -0.880. The van der Waals surface area contributed by atoms with Gasteiger partial charge in [-0.05, 0) is 36.8 Å². The van der Waals surface area contributed by atoms with Gasteiger partial charge in [-0.2, -0.15) is 5.10 Å². The van der Waals surface area contributed by atoms with Crippen LogP contribution in [-0.4, -0.2) is 45.9 Å². The summed E-state index contributed by atoms with van der Waals surface area (Å²) >= 11 is 0. The first-order chi connectivity index (χ1) is 15.0. The molecule has 0 radical (unpaired) electrons. The molecule has 0 aliphatic rings. The molecule has 160 valence electrons. The van der Waals surface area contributed by atoms with Crippen LogP contribution in [0.25, 0.3) is 16.6 Å². The lowest BCUT2D eigenvalue weighted by atomic mass is 10.1. The minimum absolute atomic E-state index is 0.0445. The van der Waals surface area contributed by atoms with Crippen molar-refractivity contribution < 1.29 is 27.5 Å². The summed E-state index contributed by atoms with van der Waals surface area (Å²) in [5.41, 5.74) is 1.74. The summed E-state index contributed by atoms with van der Waals surface area (Å²) in [5, 5.41) is 7.40. The maximum atomic E-state index is 12.7. The van der Waals surface area contributed by atoms with E-state index < -0.39 is 31.3 Å². The van der Waals surface area contributed by atoms with Crippen LogP contribution < -0.4 is 5.32 Å². The van der Waals surface area contributed by atoms with Crippen LogP contribution in [0.15, 0.2) is 47.3 Å². The molecular formula is C21H18F2N4O4. The number of aryl methyl sites for hydroxylation is 1. The Morgan fingerprint density at radius 2 is 2.03 bits per heavy atom. The second-order valence-corrected chi connectivity index (χ2v) is 6.91. The zero-order chi connectivity index (χ0) is 22.0. The van der Waals surface area contributed by atoms with Crippen molar-refractivity contribution in [2.75, 3.05) is 13.3 Å². The number of nitrogens with zero attached hydrogens (tertiary/aromatic N) is 3. The molecule has 4 rings (SSSR count). The van der Waals surface area contributed by atoms with Crippen LogP contribution in [0.3, 0.4) is 0 Å². The number of halogens is 2. The van der Waals surface area contributed by atoms with Crippen LogP contribution in [0, 0.1) is 6.92 Å². The summed E-state index contributed by atoms with van der Waals surface area (Å²) in [6.45, 7) is -0.427. The molecule has 0 saturated heterocycles. The topological polar surface area (TPSA) is 98.7 Å². The maximum absolute atomic E-state index is 12.7. The number of amides is 1. The number of furan rings is 1. The number of hydrogen-bond donors (Lipinski definition) is 1. The molecule has 8 nitrogen and oxygen atoms in total. The SMILES string of the molecule is Cc1cc(C(=O)OC(CF)CF)c2oc(CNC(=O)c3cnn4cccnc34)cc2c1. The van der Waals surface area contributed by atoms with E-state index in [9.17, 15) is 18.4 Å². The second-order valence-electron chi connectivity index (χ2n) is 6.91. The van der Waals surface area contributed by atoms with E-state index in [0.717, 1.165) is 5.56 Å². The van der Waals surface area contributed by atoms with Crippen molar-refractivity contribution in [2.45, 2.75) is 19.6 Å². The summed E-state index contributed by atoms with van der Waals surface area (Å²) in [6.07, 6.45) is 3.19. The van der Waals surface area contributed by atoms with Crippen LogP contribution in [0.4, 0.5) is 8.78 Å². The van der Waals surface area contributed by atoms with E-state index in [1.165, 1.54) is 16.8 Å². The Morgan fingerprint density at radius 3 is 2.81 bits per heavy atom.